The number of hydrogen-bond acceptors (Lipinski definition) is 3. The lowest BCUT2D eigenvalue weighted by Gasteiger charge is -2.21. The van der Waals surface area contributed by atoms with Crippen LogP contribution in [0.5, 0.6) is 0 Å². The summed E-state index contributed by atoms with van der Waals surface area (Å²) >= 11 is 1.59. The van der Waals surface area contributed by atoms with Crippen molar-refractivity contribution in [3.05, 3.63) is 22.4 Å². The van der Waals surface area contributed by atoms with Gasteiger partial charge in [-0.05, 0) is 17.4 Å². The second-order valence-corrected chi connectivity index (χ2v) is 5.18. The van der Waals surface area contributed by atoms with Gasteiger partial charge in [-0.3, -0.25) is 9.59 Å². The highest BCUT2D eigenvalue weighted by Gasteiger charge is 2.19. The van der Waals surface area contributed by atoms with Crippen LogP contribution >= 0.6 is 11.3 Å². The van der Waals surface area contributed by atoms with Gasteiger partial charge in [0.15, 0.2) is 0 Å². The molecule has 0 aliphatic carbocycles. The van der Waals surface area contributed by atoms with Crippen LogP contribution < -0.4 is 5.32 Å². The largest absolute Gasteiger partial charge is 0.481 e. The first kappa shape index (κ1) is 13.7. The minimum atomic E-state index is -0.947. The molecule has 2 N–H and O–H groups in total. The fourth-order valence-electron chi connectivity index (χ4n) is 1.50. The topological polar surface area (TPSA) is 66.4 Å². The Morgan fingerprint density at radius 2 is 2.12 bits per heavy atom. The number of carboxylic acids is 1. The molecular formula is C12H17NO3S. The first-order valence-electron chi connectivity index (χ1n) is 5.55. The molecule has 1 unspecified atom stereocenters. The average Bonchev–Trinajstić information content (AvgIpc) is 2.75. The Morgan fingerprint density at radius 3 is 2.59 bits per heavy atom. The number of carbonyl (C=O) groups is 2. The van der Waals surface area contributed by atoms with Gasteiger partial charge in [-0.15, -0.1) is 11.3 Å². The number of carboxylic acid groups (broad SMARTS) is 1. The Labute approximate surface area is 105 Å². The van der Waals surface area contributed by atoms with Crippen molar-refractivity contribution in [1.82, 2.24) is 5.32 Å². The van der Waals surface area contributed by atoms with E-state index in [1.165, 1.54) is 0 Å². The molecule has 1 amide bonds. The van der Waals surface area contributed by atoms with Crippen LogP contribution in [0.25, 0.3) is 0 Å². The first-order valence-corrected chi connectivity index (χ1v) is 6.43. The molecule has 0 saturated heterocycles. The zero-order valence-electron chi connectivity index (χ0n) is 9.97. The highest BCUT2D eigenvalue weighted by molar-refractivity contribution is 7.10. The molecule has 0 saturated carbocycles. The van der Waals surface area contributed by atoms with Gasteiger partial charge in [-0.1, -0.05) is 19.9 Å². The summed E-state index contributed by atoms with van der Waals surface area (Å²) in [7, 11) is 0. The maximum atomic E-state index is 11.6. The molecule has 94 valence electrons. The summed E-state index contributed by atoms with van der Waals surface area (Å²) in [5.41, 5.74) is 0. The summed E-state index contributed by atoms with van der Waals surface area (Å²) in [6.07, 6.45) is -0.0922. The number of nitrogens with one attached hydrogen (secondary N) is 1. The second kappa shape index (κ2) is 6.39. The molecule has 0 spiro atoms. The van der Waals surface area contributed by atoms with Crippen molar-refractivity contribution in [3.8, 4) is 0 Å². The Balaban J connectivity index is 2.56. The molecule has 0 aromatic carbocycles. The normalized spacial score (nSPS) is 12.4. The minimum Gasteiger partial charge on any atom is -0.481 e. The molecule has 0 bridgehead atoms. The second-order valence-electron chi connectivity index (χ2n) is 4.20. The van der Waals surface area contributed by atoms with E-state index in [0.29, 0.717) is 0 Å². The van der Waals surface area contributed by atoms with Crippen LogP contribution in [0.3, 0.4) is 0 Å². The van der Waals surface area contributed by atoms with Crippen LogP contribution in [0.4, 0.5) is 0 Å². The van der Waals surface area contributed by atoms with E-state index in [1.54, 1.807) is 11.3 Å². The number of amides is 1. The van der Waals surface area contributed by atoms with Gasteiger partial charge in [-0.25, -0.2) is 0 Å². The predicted octanol–water partition coefficient (Wildman–Crippen LogP) is 2.43. The molecule has 0 fully saturated rings. The maximum absolute atomic E-state index is 11.6. The van der Waals surface area contributed by atoms with E-state index in [0.717, 1.165) is 4.88 Å². The van der Waals surface area contributed by atoms with Crippen LogP contribution in [-0.2, 0) is 9.59 Å². The van der Waals surface area contributed by atoms with Crippen molar-refractivity contribution in [1.29, 1.82) is 0 Å². The van der Waals surface area contributed by atoms with Crippen molar-refractivity contribution in [2.45, 2.75) is 32.7 Å². The fraction of sp³-hybridized carbons (Fsp3) is 0.500. The SMILES string of the molecule is CC(C)C(NC(=O)CCC(=O)O)c1cccs1. The van der Waals surface area contributed by atoms with Crippen LogP contribution in [0.1, 0.15) is 37.6 Å². The summed E-state index contributed by atoms with van der Waals surface area (Å²) in [6, 6.07) is 3.89. The highest BCUT2D eigenvalue weighted by atomic mass is 32.1. The molecule has 1 aromatic rings. The van der Waals surface area contributed by atoms with E-state index in [4.69, 9.17) is 5.11 Å². The van der Waals surface area contributed by atoms with E-state index < -0.39 is 5.97 Å². The summed E-state index contributed by atoms with van der Waals surface area (Å²) in [5.74, 6) is -0.876. The van der Waals surface area contributed by atoms with Crippen LogP contribution in [0.2, 0.25) is 0 Å². The molecule has 1 atom stereocenters. The molecule has 1 rings (SSSR count). The molecule has 17 heavy (non-hydrogen) atoms. The van der Waals surface area contributed by atoms with Gasteiger partial charge in [-0.2, -0.15) is 0 Å². The molecule has 0 aliphatic heterocycles. The summed E-state index contributed by atoms with van der Waals surface area (Å²) in [5, 5.41) is 13.4. The van der Waals surface area contributed by atoms with Gasteiger partial charge in [0.2, 0.25) is 5.91 Å². The van der Waals surface area contributed by atoms with Gasteiger partial charge in [0, 0.05) is 11.3 Å². The molecular weight excluding hydrogens is 238 g/mol. The third-order valence-corrected chi connectivity index (χ3v) is 3.35. The van der Waals surface area contributed by atoms with E-state index in [-0.39, 0.29) is 30.7 Å². The molecule has 5 heteroatoms. The van der Waals surface area contributed by atoms with Gasteiger partial charge in [0.1, 0.15) is 0 Å². The number of hydrogen-bond donors (Lipinski definition) is 2. The Morgan fingerprint density at radius 1 is 1.41 bits per heavy atom. The summed E-state index contributed by atoms with van der Waals surface area (Å²) in [4.78, 5) is 23.1. The van der Waals surface area contributed by atoms with Gasteiger partial charge in [0.05, 0.1) is 12.5 Å². The molecule has 0 radical (unpaired) electrons. The quantitative estimate of drug-likeness (QED) is 0.820. The van der Waals surface area contributed by atoms with E-state index in [9.17, 15) is 9.59 Å². The van der Waals surface area contributed by atoms with Crippen molar-refractivity contribution < 1.29 is 14.7 Å². The predicted molar refractivity (Wildman–Crippen MR) is 66.9 cm³/mol. The number of aliphatic carboxylic acids is 1. The van der Waals surface area contributed by atoms with E-state index >= 15 is 0 Å². The molecule has 1 aromatic heterocycles. The van der Waals surface area contributed by atoms with Crippen molar-refractivity contribution >= 4 is 23.2 Å². The Hall–Kier alpha value is -1.36. The van der Waals surface area contributed by atoms with Crippen LogP contribution in [0, 0.1) is 5.92 Å². The fourth-order valence-corrected chi connectivity index (χ4v) is 2.45. The Bertz CT molecular complexity index is 373. The molecule has 1 heterocycles. The van der Waals surface area contributed by atoms with Crippen molar-refractivity contribution in [2.24, 2.45) is 5.92 Å². The lowest BCUT2D eigenvalue weighted by Crippen LogP contribution is -2.31. The smallest absolute Gasteiger partial charge is 0.303 e. The van der Waals surface area contributed by atoms with Gasteiger partial charge < -0.3 is 10.4 Å². The molecule has 4 nitrogen and oxygen atoms in total. The van der Waals surface area contributed by atoms with Crippen molar-refractivity contribution in [3.63, 3.8) is 0 Å². The summed E-state index contributed by atoms with van der Waals surface area (Å²) < 4.78 is 0. The third-order valence-electron chi connectivity index (χ3n) is 2.40. The monoisotopic (exact) mass is 255 g/mol. The maximum Gasteiger partial charge on any atom is 0.303 e. The zero-order valence-corrected chi connectivity index (χ0v) is 10.8. The highest BCUT2D eigenvalue weighted by Crippen LogP contribution is 2.25. The lowest BCUT2D eigenvalue weighted by atomic mass is 10.0. The van der Waals surface area contributed by atoms with Crippen LogP contribution in [0.15, 0.2) is 17.5 Å². The van der Waals surface area contributed by atoms with E-state index in [2.05, 4.69) is 5.32 Å². The minimum absolute atomic E-state index is 0.0312. The Kier molecular flexibility index (Phi) is 5.15. The third kappa shape index (κ3) is 4.56. The molecule has 0 aliphatic rings. The first-order chi connectivity index (χ1) is 8.00. The summed E-state index contributed by atoms with van der Waals surface area (Å²) in [6.45, 7) is 4.06. The zero-order chi connectivity index (χ0) is 12.8. The number of carbonyl (C=O) groups excluding carboxylic acids is 1. The van der Waals surface area contributed by atoms with E-state index in [1.807, 2.05) is 31.4 Å². The van der Waals surface area contributed by atoms with Crippen LogP contribution in [-0.4, -0.2) is 17.0 Å². The number of rotatable bonds is 6. The number of thiophene rings is 1. The lowest BCUT2D eigenvalue weighted by molar-refractivity contribution is -0.139. The standard InChI is InChI=1S/C12H17NO3S/c1-8(2)12(9-4-3-7-17-9)13-10(14)5-6-11(15)16/h3-4,7-8,12H,5-6H2,1-2H3,(H,13,14)(H,15,16). The van der Waals surface area contributed by atoms with Gasteiger partial charge in [0.25, 0.3) is 0 Å². The average molecular weight is 255 g/mol. The van der Waals surface area contributed by atoms with Gasteiger partial charge >= 0.3 is 5.97 Å². The van der Waals surface area contributed by atoms with Crippen molar-refractivity contribution in [2.75, 3.05) is 0 Å².